The van der Waals surface area contributed by atoms with Gasteiger partial charge in [0.25, 0.3) is 0 Å². The van der Waals surface area contributed by atoms with Crippen molar-refractivity contribution in [3.05, 3.63) is 60.3 Å². The van der Waals surface area contributed by atoms with Crippen LogP contribution in [0.25, 0.3) is 22.0 Å². The number of benzene rings is 2. The molecule has 3 rings (SSSR count). The van der Waals surface area contributed by atoms with E-state index in [2.05, 4.69) is 49.0 Å². The molecule has 0 aliphatic rings. The SMILES string of the molecule is C#CCOc1ccc2ccnc(-c3ccc(C(C)C)cc3)c2c1. The van der Waals surface area contributed by atoms with Crippen molar-refractivity contribution in [2.45, 2.75) is 19.8 Å². The molecule has 0 amide bonds. The van der Waals surface area contributed by atoms with Crippen molar-refractivity contribution in [3.63, 3.8) is 0 Å². The van der Waals surface area contributed by atoms with Gasteiger partial charge in [-0.3, -0.25) is 4.98 Å². The summed E-state index contributed by atoms with van der Waals surface area (Å²) < 4.78 is 5.54. The van der Waals surface area contributed by atoms with Crippen molar-refractivity contribution < 1.29 is 4.74 Å². The topological polar surface area (TPSA) is 22.1 Å². The largest absolute Gasteiger partial charge is 0.481 e. The van der Waals surface area contributed by atoms with Crippen LogP contribution < -0.4 is 4.74 Å². The van der Waals surface area contributed by atoms with Gasteiger partial charge in [0.15, 0.2) is 0 Å². The molecular formula is C21H19NO. The van der Waals surface area contributed by atoms with Gasteiger partial charge in [-0.2, -0.15) is 0 Å². The molecule has 114 valence electrons. The maximum Gasteiger partial charge on any atom is 0.148 e. The van der Waals surface area contributed by atoms with Gasteiger partial charge in [0.1, 0.15) is 12.4 Å². The maximum absolute atomic E-state index is 5.54. The molecule has 3 aromatic rings. The minimum atomic E-state index is 0.268. The number of aromatic nitrogens is 1. The first kappa shape index (κ1) is 15.1. The second kappa shape index (κ2) is 6.54. The molecule has 0 bridgehead atoms. The standard InChI is InChI=1S/C21H19NO/c1-4-13-23-19-10-9-17-11-12-22-21(20(17)14-19)18-7-5-16(6-8-18)15(2)3/h1,5-12,14-15H,13H2,2-3H3. The lowest BCUT2D eigenvalue weighted by atomic mass is 9.98. The molecule has 0 unspecified atom stereocenters. The Morgan fingerprint density at radius 3 is 2.57 bits per heavy atom. The van der Waals surface area contributed by atoms with Gasteiger partial charge in [-0.25, -0.2) is 0 Å². The average Bonchev–Trinajstić information content (AvgIpc) is 2.59. The van der Waals surface area contributed by atoms with Crippen LogP contribution in [0.15, 0.2) is 54.7 Å². The van der Waals surface area contributed by atoms with Gasteiger partial charge in [0.05, 0.1) is 5.69 Å². The van der Waals surface area contributed by atoms with Gasteiger partial charge in [-0.1, -0.05) is 50.1 Å². The van der Waals surface area contributed by atoms with Crippen molar-refractivity contribution in [3.8, 4) is 29.4 Å². The zero-order valence-corrected chi connectivity index (χ0v) is 13.4. The molecule has 0 aliphatic carbocycles. The molecular weight excluding hydrogens is 282 g/mol. The Bertz CT molecular complexity index is 857. The van der Waals surface area contributed by atoms with Crippen LogP contribution in [0.5, 0.6) is 5.75 Å². The Morgan fingerprint density at radius 2 is 1.87 bits per heavy atom. The predicted molar refractivity (Wildman–Crippen MR) is 95.6 cm³/mol. The summed E-state index contributed by atoms with van der Waals surface area (Å²) in [6, 6.07) is 16.6. The maximum atomic E-state index is 5.54. The van der Waals surface area contributed by atoms with Crippen LogP contribution in [0.1, 0.15) is 25.3 Å². The van der Waals surface area contributed by atoms with E-state index in [1.165, 1.54) is 5.56 Å². The molecule has 0 saturated heterocycles. The first-order valence-corrected chi connectivity index (χ1v) is 7.74. The highest BCUT2D eigenvalue weighted by Crippen LogP contribution is 2.30. The minimum Gasteiger partial charge on any atom is -0.481 e. The summed E-state index contributed by atoms with van der Waals surface area (Å²) in [4.78, 5) is 4.58. The highest BCUT2D eigenvalue weighted by molar-refractivity contribution is 5.95. The number of pyridine rings is 1. The normalized spacial score (nSPS) is 10.7. The molecule has 2 aromatic carbocycles. The van der Waals surface area contributed by atoms with E-state index in [4.69, 9.17) is 11.2 Å². The third kappa shape index (κ3) is 3.19. The van der Waals surface area contributed by atoms with Crippen LogP contribution in [-0.2, 0) is 0 Å². The summed E-state index contributed by atoms with van der Waals surface area (Å²) in [5.41, 5.74) is 3.39. The molecule has 0 spiro atoms. The van der Waals surface area contributed by atoms with Crippen LogP contribution in [0.3, 0.4) is 0 Å². The lowest BCUT2D eigenvalue weighted by molar-refractivity contribution is 0.371. The van der Waals surface area contributed by atoms with Gasteiger partial charge in [-0.15, -0.1) is 6.42 Å². The lowest BCUT2D eigenvalue weighted by Gasteiger charge is -2.10. The Morgan fingerprint density at radius 1 is 1.09 bits per heavy atom. The third-order valence-corrected chi connectivity index (χ3v) is 3.91. The van der Waals surface area contributed by atoms with E-state index in [9.17, 15) is 0 Å². The van der Waals surface area contributed by atoms with E-state index in [0.717, 1.165) is 27.8 Å². The van der Waals surface area contributed by atoms with Gasteiger partial charge in [0, 0.05) is 17.1 Å². The zero-order valence-electron chi connectivity index (χ0n) is 13.4. The van der Waals surface area contributed by atoms with Crippen molar-refractivity contribution in [2.75, 3.05) is 6.61 Å². The summed E-state index contributed by atoms with van der Waals surface area (Å²) in [7, 11) is 0. The predicted octanol–water partition coefficient (Wildman–Crippen LogP) is 5.04. The van der Waals surface area contributed by atoms with Gasteiger partial charge in [0.2, 0.25) is 0 Å². The van der Waals surface area contributed by atoms with Crippen molar-refractivity contribution >= 4 is 10.8 Å². The highest BCUT2D eigenvalue weighted by atomic mass is 16.5. The molecule has 23 heavy (non-hydrogen) atoms. The fraction of sp³-hybridized carbons (Fsp3) is 0.190. The molecule has 0 aliphatic heterocycles. The third-order valence-electron chi connectivity index (χ3n) is 3.91. The molecule has 1 aromatic heterocycles. The van der Waals surface area contributed by atoms with E-state index in [1.54, 1.807) is 0 Å². The molecule has 0 atom stereocenters. The number of hydrogen-bond donors (Lipinski definition) is 0. The van der Waals surface area contributed by atoms with Gasteiger partial charge >= 0.3 is 0 Å². The van der Waals surface area contributed by atoms with Crippen molar-refractivity contribution in [2.24, 2.45) is 0 Å². The molecule has 0 fully saturated rings. The second-order valence-corrected chi connectivity index (χ2v) is 5.81. The van der Waals surface area contributed by atoms with E-state index in [0.29, 0.717) is 5.92 Å². The fourth-order valence-corrected chi connectivity index (χ4v) is 2.62. The number of hydrogen-bond acceptors (Lipinski definition) is 2. The average molecular weight is 301 g/mol. The summed E-state index contributed by atoms with van der Waals surface area (Å²) in [6.07, 6.45) is 7.10. The summed E-state index contributed by atoms with van der Waals surface area (Å²) in [6.45, 7) is 4.66. The minimum absolute atomic E-state index is 0.268. The van der Waals surface area contributed by atoms with E-state index in [-0.39, 0.29) is 6.61 Å². The van der Waals surface area contributed by atoms with Crippen LogP contribution in [0, 0.1) is 12.3 Å². The van der Waals surface area contributed by atoms with E-state index >= 15 is 0 Å². The number of rotatable bonds is 4. The second-order valence-electron chi connectivity index (χ2n) is 5.81. The number of nitrogens with zero attached hydrogens (tertiary/aromatic N) is 1. The Labute approximate surface area is 137 Å². The Hall–Kier alpha value is -2.79. The highest BCUT2D eigenvalue weighted by Gasteiger charge is 2.08. The number of terminal acetylenes is 1. The van der Waals surface area contributed by atoms with Crippen molar-refractivity contribution in [1.29, 1.82) is 0 Å². The van der Waals surface area contributed by atoms with Gasteiger partial charge < -0.3 is 4.74 Å². The van der Waals surface area contributed by atoms with E-state index < -0.39 is 0 Å². The molecule has 0 saturated carbocycles. The smallest absolute Gasteiger partial charge is 0.148 e. The van der Waals surface area contributed by atoms with Crippen LogP contribution in [0.2, 0.25) is 0 Å². The quantitative estimate of drug-likeness (QED) is 0.630. The van der Waals surface area contributed by atoms with E-state index in [1.807, 2.05) is 30.5 Å². The summed E-state index contributed by atoms with van der Waals surface area (Å²) in [5, 5.41) is 2.20. The van der Waals surface area contributed by atoms with Gasteiger partial charge in [-0.05, 0) is 35.1 Å². The van der Waals surface area contributed by atoms with Crippen LogP contribution in [-0.4, -0.2) is 11.6 Å². The molecule has 0 N–H and O–H groups in total. The zero-order chi connectivity index (χ0) is 16.2. The molecule has 2 nitrogen and oxygen atoms in total. The van der Waals surface area contributed by atoms with Crippen LogP contribution in [0.4, 0.5) is 0 Å². The van der Waals surface area contributed by atoms with Crippen LogP contribution >= 0.6 is 0 Å². The first-order valence-electron chi connectivity index (χ1n) is 7.74. The fourth-order valence-electron chi connectivity index (χ4n) is 2.62. The number of ether oxygens (including phenoxy) is 1. The van der Waals surface area contributed by atoms with Crippen molar-refractivity contribution in [1.82, 2.24) is 4.98 Å². The summed E-state index contributed by atoms with van der Waals surface area (Å²) in [5.74, 6) is 3.78. The molecule has 1 heterocycles. The lowest BCUT2D eigenvalue weighted by Crippen LogP contribution is -1.94. The molecule has 2 heteroatoms. The molecule has 0 radical (unpaired) electrons. The Kier molecular flexibility index (Phi) is 4.30. The Balaban J connectivity index is 2.07. The first-order chi connectivity index (χ1) is 11.2. The number of fused-ring (bicyclic) bond motifs is 1. The summed E-state index contributed by atoms with van der Waals surface area (Å²) >= 11 is 0. The monoisotopic (exact) mass is 301 g/mol.